The van der Waals surface area contributed by atoms with Gasteiger partial charge in [-0.1, -0.05) is 42.3 Å². The molecule has 2 amide bonds. The fourth-order valence-corrected chi connectivity index (χ4v) is 4.85. The molecule has 0 aliphatic carbocycles. The average molecular weight is 559 g/mol. The van der Waals surface area contributed by atoms with Gasteiger partial charge in [0.15, 0.2) is 0 Å². The van der Waals surface area contributed by atoms with E-state index < -0.39 is 28.5 Å². The van der Waals surface area contributed by atoms with Crippen molar-refractivity contribution in [2.45, 2.75) is 52.7 Å². The number of aryl methyl sites for hydroxylation is 1. The van der Waals surface area contributed by atoms with Gasteiger partial charge in [-0.25, -0.2) is 8.42 Å². The highest BCUT2D eigenvalue weighted by Crippen LogP contribution is 2.32. The molecule has 0 bridgehead atoms. The van der Waals surface area contributed by atoms with Crippen molar-refractivity contribution in [1.82, 2.24) is 10.2 Å². The minimum atomic E-state index is -3.90. The predicted molar refractivity (Wildman–Crippen MR) is 144 cm³/mol. The molecule has 2 atom stereocenters. The molecule has 0 aliphatic rings. The molecule has 2 aromatic rings. The number of halogens is 2. The molecule has 2 aromatic carbocycles. The summed E-state index contributed by atoms with van der Waals surface area (Å²) in [6.45, 7) is 6.53. The highest BCUT2D eigenvalue weighted by molar-refractivity contribution is 7.92. The largest absolute Gasteiger partial charge is 0.495 e. The van der Waals surface area contributed by atoms with Gasteiger partial charge < -0.3 is 15.0 Å². The van der Waals surface area contributed by atoms with Crippen LogP contribution in [0.15, 0.2) is 36.4 Å². The lowest BCUT2D eigenvalue weighted by atomic mass is 10.1. The lowest BCUT2D eigenvalue weighted by molar-refractivity contribution is -0.139. The van der Waals surface area contributed by atoms with Crippen molar-refractivity contribution in [2.24, 2.45) is 0 Å². The van der Waals surface area contributed by atoms with E-state index in [9.17, 15) is 18.0 Å². The summed E-state index contributed by atoms with van der Waals surface area (Å²) in [6.07, 6.45) is 1.72. The minimum Gasteiger partial charge on any atom is -0.495 e. The summed E-state index contributed by atoms with van der Waals surface area (Å²) < 4.78 is 31.9. The number of anilines is 1. The zero-order chi connectivity index (χ0) is 27.2. The number of benzene rings is 2. The second kappa shape index (κ2) is 12.7. The first-order valence-corrected chi connectivity index (χ1v) is 14.1. The summed E-state index contributed by atoms with van der Waals surface area (Å²) in [5.74, 6) is -0.686. The first-order valence-electron chi connectivity index (χ1n) is 11.4. The topological polar surface area (TPSA) is 96.0 Å². The summed E-state index contributed by atoms with van der Waals surface area (Å²) in [7, 11) is -2.48. The van der Waals surface area contributed by atoms with Crippen molar-refractivity contribution in [3.8, 4) is 5.75 Å². The van der Waals surface area contributed by atoms with Crippen molar-refractivity contribution in [3.63, 3.8) is 0 Å². The molecule has 0 saturated carbocycles. The van der Waals surface area contributed by atoms with Crippen LogP contribution >= 0.6 is 23.2 Å². The number of ether oxygens (including phenoxy) is 1. The standard InChI is InChI=1S/C25H33Cl2N3O5S/c1-7-17(3)28-25(32)18(4)29(14-19-20(26)9-8-10-21(19)27)24(31)15-30(36(6,33)34)22-13-16(2)11-12-23(22)35-5/h8-13,17-18H,7,14-15H2,1-6H3,(H,28,32)/t17-,18+/m0/s1. The first kappa shape index (κ1) is 29.7. The van der Waals surface area contributed by atoms with Gasteiger partial charge in [-0.15, -0.1) is 0 Å². The molecule has 0 unspecified atom stereocenters. The summed E-state index contributed by atoms with van der Waals surface area (Å²) >= 11 is 12.7. The van der Waals surface area contributed by atoms with E-state index in [1.807, 2.05) is 13.8 Å². The number of carbonyl (C=O) groups is 2. The molecule has 0 fully saturated rings. The van der Waals surface area contributed by atoms with E-state index in [4.69, 9.17) is 27.9 Å². The zero-order valence-corrected chi connectivity index (χ0v) is 23.7. The maximum absolute atomic E-state index is 13.7. The third-order valence-corrected chi connectivity index (χ3v) is 7.68. The van der Waals surface area contributed by atoms with Gasteiger partial charge >= 0.3 is 0 Å². The fourth-order valence-electron chi connectivity index (χ4n) is 3.49. The second-order valence-electron chi connectivity index (χ2n) is 8.66. The Morgan fingerprint density at radius 1 is 1.11 bits per heavy atom. The molecule has 2 rings (SSSR count). The van der Waals surface area contributed by atoms with Crippen LogP contribution in [0.3, 0.4) is 0 Å². The molecule has 11 heteroatoms. The Kier molecular flexibility index (Phi) is 10.5. The van der Waals surface area contributed by atoms with Gasteiger partial charge in [-0.3, -0.25) is 13.9 Å². The van der Waals surface area contributed by atoms with E-state index in [0.29, 0.717) is 27.8 Å². The molecular weight excluding hydrogens is 525 g/mol. The zero-order valence-electron chi connectivity index (χ0n) is 21.3. The Hall–Kier alpha value is -2.49. The van der Waals surface area contributed by atoms with Crippen LogP contribution in [-0.2, 0) is 26.2 Å². The summed E-state index contributed by atoms with van der Waals surface area (Å²) in [4.78, 5) is 28.0. The maximum Gasteiger partial charge on any atom is 0.244 e. The number of nitrogens with zero attached hydrogens (tertiary/aromatic N) is 2. The van der Waals surface area contributed by atoms with Gasteiger partial charge in [0.1, 0.15) is 18.3 Å². The Labute approximate surface area is 223 Å². The molecule has 0 aromatic heterocycles. The monoisotopic (exact) mass is 557 g/mol. The van der Waals surface area contributed by atoms with Crippen molar-refractivity contribution in [3.05, 3.63) is 57.6 Å². The van der Waals surface area contributed by atoms with Crippen LogP contribution in [0.2, 0.25) is 10.0 Å². The molecular formula is C25H33Cl2N3O5S. The van der Waals surface area contributed by atoms with Gasteiger partial charge in [-0.05, 0) is 57.0 Å². The third kappa shape index (κ3) is 7.51. The van der Waals surface area contributed by atoms with Crippen molar-refractivity contribution >= 4 is 50.7 Å². The van der Waals surface area contributed by atoms with Gasteiger partial charge in [0.05, 0.1) is 19.1 Å². The highest BCUT2D eigenvalue weighted by atomic mass is 35.5. The number of methoxy groups -OCH3 is 1. The average Bonchev–Trinajstić information content (AvgIpc) is 2.80. The van der Waals surface area contributed by atoms with E-state index in [-0.39, 0.29) is 24.2 Å². The van der Waals surface area contributed by atoms with Crippen LogP contribution in [-0.4, -0.2) is 57.1 Å². The number of rotatable bonds is 11. The van der Waals surface area contributed by atoms with Crippen LogP contribution < -0.4 is 14.4 Å². The summed E-state index contributed by atoms with van der Waals surface area (Å²) in [6, 6.07) is 8.94. The third-order valence-electron chi connectivity index (χ3n) is 5.84. The van der Waals surface area contributed by atoms with E-state index in [2.05, 4.69) is 5.32 Å². The summed E-state index contributed by atoms with van der Waals surface area (Å²) in [5, 5.41) is 3.53. The Balaban J connectivity index is 2.52. The molecule has 0 spiro atoms. The maximum atomic E-state index is 13.7. The lowest BCUT2D eigenvalue weighted by Gasteiger charge is -2.32. The van der Waals surface area contributed by atoms with Crippen molar-refractivity contribution < 1.29 is 22.7 Å². The Morgan fingerprint density at radius 3 is 2.25 bits per heavy atom. The number of amides is 2. The molecule has 0 saturated heterocycles. The molecule has 0 heterocycles. The molecule has 198 valence electrons. The predicted octanol–water partition coefficient (Wildman–Crippen LogP) is 4.41. The molecule has 8 nitrogen and oxygen atoms in total. The number of nitrogens with one attached hydrogen (secondary N) is 1. The molecule has 36 heavy (non-hydrogen) atoms. The van der Waals surface area contributed by atoms with E-state index in [1.165, 1.54) is 12.0 Å². The van der Waals surface area contributed by atoms with Gasteiger partial charge in [0, 0.05) is 28.2 Å². The quantitative estimate of drug-likeness (QED) is 0.441. The van der Waals surface area contributed by atoms with Crippen LogP contribution in [0.5, 0.6) is 5.75 Å². The van der Waals surface area contributed by atoms with Crippen molar-refractivity contribution in [1.29, 1.82) is 0 Å². The first-order chi connectivity index (χ1) is 16.8. The number of carbonyl (C=O) groups excluding carboxylic acids is 2. The van der Waals surface area contributed by atoms with Gasteiger partial charge in [-0.2, -0.15) is 0 Å². The second-order valence-corrected chi connectivity index (χ2v) is 11.4. The van der Waals surface area contributed by atoms with E-state index >= 15 is 0 Å². The lowest BCUT2D eigenvalue weighted by Crippen LogP contribution is -2.52. The highest BCUT2D eigenvalue weighted by Gasteiger charge is 2.32. The molecule has 0 aliphatic heterocycles. The van der Waals surface area contributed by atoms with Crippen LogP contribution in [0.4, 0.5) is 5.69 Å². The van der Waals surface area contributed by atoms with Crippen LogP contribution in [0.25, 0.3) is 0 Å². The number of hydrogen-bond donors (Lipinski definition) is 1. The number of sulfonamides is 1. The molecule has 1 N–H and O–H groups in total. The Bertz CT molecular complexity index is 1190. The van der Waals surface area contributed by atoms with E-state index in [1.54, 1.807) is 50.2 Å². The van der Waals surface area contributed by atoms with Crippen LogP contribution in [0, 0.1) is 6.92 Å². The minimum absolute atomic E-state index is 0.0883. The fraction of sp³-hybridized carbons (Fsp3) is 0.440. The van der Waals surface area contributed by atoms with E-state index in [0.717, 1.165) is 16.1 Å². The van der Waals surface area contributed by atoms with Crippen LogP contribution in [0.1, 0.15) is 38.3 Å². The molecule has 0 radical (unpaired) electrons. The smallest absolute Gasteiger partial charge is 0.244 e. The number of hydrogen-bond acceptors (Lipinski definition) is 5. The van der Waals surface area contributed by atoms with Gasteiger partial charge in [0.25, 0.3) is 0 Å². The van der Waals surface area contributed by atoms with Gasteiger partial charge in [0.2, 0.25) is 21.8 Å². The Morgan fingerprint density at radius 2 is 1.72 bits per heavy atom. The summed E-state index contributed by atoms with van der Waals surface area (Å²) in [5.41, 5.74) is 1.46. The SMILES string of the molecule is CC[C@H](C)NC(=O)[C@@H](C)N(Cc1c(Cl)cccc1Cl)C(=O)CN(c1cc(C)ccc1OC)S(C)(=O)=O. The normalized spacial score (nSPS) is 13.0. The van der Waals surface area contributed by atoms with Crippen molar-refractivity contribution in [2.75, 3.05) is 24.2 Å².